The van der Waals surface area contributed by atoms with Crippen molar-refractivity contribution < 1.29 is 23.8 Å². The second kappa shape index (κ2) is 5.32. The van der Waals surface area contributed by atoms with E-state index in [-0.39, 0.29) is 28.8 Å². The Hall–Kier alpha value is -2.37. The van der Waals surface area contributed by atoms with Gasteiger partial charge in [0.25, 0.3) is 0 Å². The topological polar surface area (TPSA) is 68.7 Å². The Kier molecular flexibility index (Phi) is 3.74. The van der Waals surface area contributed by atoms with Gasteiger partial charge in [0.15, 0.2) is 11.5 Å². The van der Waals surface area contributed by atoms with Crippen LogP contribution in [0.15, 0.2) is 18.2 Å². The first-order valence-electron chi connectivity index (χ1n) is 6.00. The van der Waals surface area contributed by atoms with Crippen molar-refractivity contribution in [2.24, 2.45) is 0 Å². The number of rotatable bonds is 3. The fourth-order valence-electron chi connectivity index (χ4n) is 1.80. The summed E-state index contributed by atoms with van der Waals surface area (Å²) in [7, 11) is 1.21. The smallest absolute Gasteiger partial charge is 0.356 e. The maximum absolute atomic E-state index is 13.9. The summed E-state index contributed by atoms with van der Waals surface area (Å²) >= 11 is 0. The average molecular weight is 279 g/mol. The molecule has 0 aliphatic rings. The van der Waals surface area contributed by atoms with Crippen LogP contribution in [-0.2, 0) is 4.74 Å². The zero-order valence-corrected chi connectivity index (χ0v) is 11.3. The van der Waals surface area contributed by atoms with Crippen molar-refractivity contribution in [2.75, 3.05) is 7.11 Å². The lowest BCUT2D eigenvalue weighted by molar-refractivity contribution is 0.0593. The zero-order valence-electron chi connectivity index (χ0n) is 11.3. The number of ether oxygens (including phenoxy) is 2. The van der Waals surface area contributed by atoms with Crippen LogP contribution in [0.2, 0.25) is 0 Å². The number of halogens is 1. The Bertz CT molecular complexity index is 670. The summed E-state index contributed by atoms with van der Waals surface area (Å²) in [5.74, 6) is -1.40. The number of phenolic OH excluding ortho intramolecular Hbond substituents is 1. The van der Waals surface area contributed by atoms with Gasteiger partial charge in [-0.05, 0) is 19.9 Å². The van der Waals surface area contributed by atoms with Crippen LogP contribution in [0.5, 0.6) is 11.5 Å². The Balaban J connectivity index is 2.74. The molecule has 5 nitrogen and oxygen atoms in total. The molecular weight excluding hydrogens is 265 g/mol. The molecule has 0 unspecified atom stereocenters. The first kappa shape index (κ1) is 14.0. The van der Waals surface area contributed by atoms with Gasteiger partial charge in [0.2, 0.25) is 0 Å². The first-order chi connectivity index (χ1) is 9.42. The molecule has 0 saturated carbocycles. The third kappa shape index (κ3) is 2.64. The van der Waals surface area contributed by atoms with Gasteiger partial charge < -0.3 is 14.6 Å². The second-order valence-corrected chi connectivity index (χ2v) is 4.49. The Morgan fingerprint density at radius 2 is 2.05 bits per heavy atom. The van der Waals surface area contributed by atoms with Crippen molar-refractivity contribution in [3.8, 4) is 11.5 Å². The van der Waals surface area contributed by atoms with Gasteiger partial charge in [0.05, 0.1) is 13.2 Å². The molecule has 0 saturated heterocycles. The highest BCUT2D eigenvalue weighted by Gasteiger charge is 2.17. The number of aromatic nitrogens is 1. The van der Waals surface area contributed by atoms with Crippen LogP contribution in [0.3, 0.4) is 0 Å². The number of pyridine rings is 1. The summed E-state index contributed by atoms with van der Waals surface area (Å²) in [5, 5.41) is 9.77. The minimum absolute atomic E-state index is 0.0543. The molecule has 0 aliphatic carbocycles. The fraction of sp³-hybridized carbons (Fsp3) is 0.286. The number of hydrogen-bond donors (Lipinski definition) is 1. The number of carbonyl (C=O) groups is 1. The van der Waals surface area contributed by atoms with Crippen LogP contribution in [-0.4, -0.2) is 29.3 Å². The molecule has 1 N–H and O–H groups in total. The number of esters is 1. The lowest BCUT2D eigenvalue weighted by Crippen LogP contribution is -2.10. The molecule has 0 spiro atoms. The predicted octanol–water partition coefficient (Wildman–Crippen LogP) is 2.65. The highest BCUT2D eigenvalue weighted by Crippen LogP contribution is 2.31. The summed E-state index contributed by atoms with van der Waals surface area (Å²) in [6.45, 7) is 3.59. The molecular formula is C14H14FNO4. The van der Waals surface area contributed by atoms with Gasteiger partial charge in [-0.2, -0.15) is 0 Å². The zero-order chi connectivity index (χ0) is 14.9. The first-order valence-corrected chi connectivity index (χ1v) is 6.00. The maximum atomic E-state index is 13.9. The second-order valence-electron chi connectivity index (χ2n) is 4.49. The maximum Gasteiger partial charge on any atom is 0.356 e. The molecule has 2 aromatic rings. The summed E-state index contributed by atoms with van der Waals surface area (Å²) in [5.41, 5.74) is -0.110. The van der Waals surface area contributed by atoms with Crippen molar-refractivity contribution in [2.45, 2.75) is 20.0 Å². The van der Waals surface area contributed by atoms with Crippen LogP contribution in [0.25, 0.3) is 10.9 Å². The molecule has 1 aromatic carbocycles. The lowest BCUT2D eigenvalue weighted by atomic mass is 10.1. The van der Waals surface area contributed by atoms with E-state index < -0.39 is 11.8 Å². The van der Waals surface area contributed by atoms with E-state index in [1.165, 1.54) is 19.2 Å². The minimum atomic E-state index is -0.737. The molecule has 6 heteroatoms. The van der Waals surface area contributed by atoms with E-state index in [0.29, 0.717) is 5.39 Å². The third-order valence-electron chi connectivity index (χ3n) is 2.57. The third-order valence-corrected chi connectivity index (χ3v) is 2.57. The Morgan fingerprint density at radius 1 is 1.35 bits per heavy atom. The van der Waals surface area contributed by atoms with Gasteiger partial charge in [-0.1, -0.05) is 0 Å². The molecule has 1 aromatic heterocycles. The van der Waals surface area contributed by atoms with E-state index in [4.69, 9.17) is 4.74 Å². The van der Waals surface area contributed by atoms with Crippen LogP contribution < -0.4 is 4.74 Å². The van der Waals surface area contributed by atoms with E-state index in [2.05, 4.69) is 9.72 Å². The van der Waals surface area contributed by atoms with E-state index in [1.807, 2.05) is 0 Å². The van der Waals surface area contributed by atoms with Gasteiger partial charge in [0.1, 0.15) is 17.0 Å². The Labute approximate surface area is 115 Å². The average Bonchev–Trinajstić information content (AvgIpc) is 2.37. The van der Waals surface area contributed by atoms with E-state index >= 15 is 0 Å². The van der Waals surface area contributed by atoms with E-state index in [1.54, 1.807) is 13.8 Å². The standard InChI is InChI=1S/C14H14FNO4/c1-7(2)20-12-6-11(14(18)19-3)16-13-9(12)4-8(17)5-10(13)15/h4-7,17H,1-3H3. The number of hydrogen-bond acceptors (Lipinski definition) is 5. The largest absolute Gasteiger partial charge is 0.508 e. The highest BCUT2D eigenvalue weighted by molar-refractivity contribution is 5.94. The number of aromatic hydroxyl groups is 1. The molecule has 1 heterocycles. The van der Waals surface area contributed by atoms with Crippen LogP contribution >= 0.6 is 0 Å². The van der Waals surface area contributed by atoms with Crippen LogP contribution in [0, 0.1) is 5.82 Å². The Morgan fingerprint density at radius 3 is 2.65 bits per heavy atom. The quantitative estimate of drug-likeness (QED) is 0.875. The van der Waals surface area contributed by atoms with Gasteiger partial charge in [-0.3, -0.25) is 0 Å². The summed E-state index contributed by atoms with van der Waals surface area (Å²) in [4.78, 5) is 15.5. The van der Waals surface area contributed by atoms with E-state index in [0.717, 1.165) is 6.07 Å². The molecule has 20 heavy (non-hydrogen) atoms. The van der Waals surface area contributed by atoms with Crippen LogP contribution in [0.4, 0.5) is 4.39 Å². The van der Waals surface area contributed by atoms with Crippen molar-refractivity contribution in [3.05, 3.63) is 29.7 Å². The fourth-order valence-corrected chi connectivity index (χ4v) is 1.80. The van der Waals surface area contributed by atoms with Gasteiger partial charge >= 0.3 is 5.97 Å². The minimum Gasteiger partial charge on any atom is -0.508 e. The molecule has 2 rings (SSSR count). The number of nitrogens with zero attached hydrogens (tertiary/aromatic N) is 1. The molecule has 106 valence electrons. The summed E-state index contributed by atoms with van der Waals surface area (Å²) in [6, 6.07) is 3.63. The number of fused-ring (bicyclic) bond motifs is 1. The van der Waals surface area contributed by atoms with Crippen molar-refractivity contribution in [1.82, 2.24) is 4.98 Å². The summed E-state index contributed by atoms with van der Waals surface area (Å²) in [6.07, 6.45) is -0.184. The van der Waals surface area contributed by atoms with Gasteiger partial charge in [-0.25, -0.2) is 14.2 Å². The van der Waals surface area contributed by atoms with Crippen molar-refractivity contribution in [3.63, 3.8) is 0 Å². The molecule has 0 atom stereocenters. The predicted molar refractivity (Wildman–Crippen MR) is 70.5 cm³/mol. The lowest BCUT2D eigenvalue weighted by Gasteiger charge is -2.14. The highest BCUT2D eigenvalue weighted by atomic mass is 19.1. The molecule has 0 bridgehead atoms. The molecule has 0 amide bonds. The SMILES string of the molecule is COC(=O)c1cc(OC(C)C)c2cc(O)cc(F)c2n1. The molecule has 0 radical (unpaired) electrons. The molecule has 0 aliphatic heterocycles. The van der Waals surface area contributed by atoms with Gasteiger partial charge in [0, 0.05) is 17.5 Å². The number of carbonyl (C=O) groups excluding carboxylic acids is 1. The van der Waals surface area contributed by atoms with Gasteiger partial charge in [-0.15, -0.1) is 0 Å². The monoisotopic (exact) mass is 279 g/mol. The number of methoxy groups -OCH3 is 1. The van der Waals surface area contributed by atoms with Crippen molar-refractivity contribution >= 4 is 16.9 Å². The summed E-state index contributed by atoms with van der Waals surface area (Å²) < 4.78 is 24.0. The van der Waals surface area contributed by atoms with E-state index in [9.17, 15) is 14.3 Å². The van der Waals surface area contributed by atoms with Crippen LogP contribution in [0.1, 0.15) is 24.3 Å². The van der Waals surface area contributed by atoms with Crippen molar-refractivity contribution in [1.29, 1.82) is 0 Å². The normalized spacial score (nSPS) is 10.8. The molecule has 0 fully saturated rings. The number of phenols is 1. The number of benzene rings is 1.